The molecule has 0 radical (unpaired) electrons. The Morgan fingerprint density at radius 2 is 1.74 bits per heavy atom. The first kappa shape index (κ1) is 21.3. The highest BCUT2D eigenvalue weighted by Gasteiger charge is 2.15. The molecule has 9 heteroatoms. The summed E-state index contributed by atoms with van der Waals surface area (Å²) in [6.45, 7) is 0. The molecule has 0 unspecified atom stereocenters. The zero-order valence-corrected chi connectivity index (χ0v) is 18.3. The van der Waals surface area contributed by atoms with Gasteiger partial charge in [-0.2, -0.15) is 5.10 Å². The number of hydrogen-bond acceptors (Lipinski definition) is 6. The molecule has 0 aliphatic rings. The number of benzene rings is 3. The zero-order chi connectivity index (χ0) is 23.8. The minimum absolute atomic E-state index is 0.180. The Bertz CT molecular complexity index is 1680. The fourth-order valence-electron chi connectivity index (χ4n) is 3.95. The topological polar surface area (TPSA) is 110 Å². The molecule has 2 heterocycles. The van der Waals surface area contributed by atoms with Crippen LogP contribution in [0.3, 0.4) is 0 Å². The fourth-order valence-corrected chi connectivity index (χ4v) is 3.95. The lowest BCUT2D eigenvalue weighted by Gasteiger charge is -2.10. The Morgan fingerprint density at radius 3 is 2.47 bits per heavy atom. The van der Waals surface area contributed by atoms with E-state index in [1.54, 1.807) is 48.5 Å². The number of ether oxygens (including phenoxy) is 2. The molecule has 0 bridgehead atoms. The Kier molecular flexibility index (Phi) is 5.29. The van der Waals surface area contributed by atoms with Crippen LogP contribution in [0, 0.1) is 5.82 Å². The predicted molar refractivity (Wildman–Crippen MR) is 126 cm³/mol. The Hall–Kier alpha value is -4.53. The maximum atomic E-state index is 15.1. The van der Waals surface area contributed by atoms with Gasteiger partial charge >= 0.3 is 0 Å². The number of rotatable bonds is 5. The van der Waals surface area contributed by atoms with E-state index in [1.807, 2.05) is 0 Å². The van der Waals surface area contributed by atoms with Gasteiger partial charge in [0.2, 0.25) is 0 Å². The molecule has 0 spiro atoms. The standard InChI is InChI=1S/C25H19FN4O4/c1-33-15-11-20-22(21(12-15)34-2)25(32)28-23(27-20)14-8-7-13(18(26)9-14)10-19-16-5-3-4-6-17(16)24(31)30-29-19/h3-9,11-12H,10H2,1-2H3,(H,30,31)(H,27,28,32). The van der Waals surface area contributed by atoms with Gasteiger partial charge in [0.25, 0.3) is 11.1 Å². The lowest BCUT2D eigenvalue weighted by atomic mass is 10.0. The number of halogens is 1. The first-order valence-electron chi connectivity index (χ1n) is 10.4. The SMILES string of the molecule is COc1cc(OC)c2c(=O)[nH]c(-c3ccc(Cc4n[nH]c(=O)c5ccccc45)c(F)c3)nc2c1. The number of hydrogen-bond donors (Lipinski definition) is 2. The van der Waals surface area contributed by atoms with Crippen molar-refractivity contribution in [3.63, 3.8) is 0 Å². The molecular weight excluding hydrogens is 439 g/mol. The van der Waals surface area contributed by atoms with Crippen molar-refractivity contribution < 1.29 is 13.9 Å². The van der Waals surface area contributed by atoms with E-state index in [0.717, 1.165) is 0 Å². The largest absolute Gasteiger partial charge is 0.497 e. The summed E-state index contributed by atoms with van der Waals surface area (Å²) in [6, 6.07) is 14.9. The summed E-state index contributed by atoms with van der Waals surface area (Å²) in [7, 11) is 2.96. The minimum Gasteiger partial charge on any atom is -0.497 e. The van der Waals surface area contributed by atoms with Gasteiger partial charge in [-0.05, 0) is 17.7 Å². The van der Waals surface area contributed by atoms with Gasteiger partial charge in [0, 0.05) is 29.5 Å². The molecule has 0 aliphatic heterocycles. The van der Waals surface area contributed by atoms with Gasteiger partial charge in [-0.15, -0.1) is 0 Å². The normalized spacial score (nSPS) is 11.1. The van der Waals surface area contributed by atoms with Crippen LogP contribution in [0.15, 0.2) is 64.2 Å². The molecule has 0 saturated heterocycles. The number of H-pyrrole nitrogens is 2. The first-order valence-corrected chi connectivity index (χ1v) is 10.4. The fraction of sp³-hybridized carbons (Fsp3) is 0.120. The molecule has 0 amide bonds. The second kappa shape index (κ2) is 8.43. The maximum absolute atomic E-state index is 15.1. The zero-order valence-electron chi connectivity index (χ0n) is 18.3. The average molecular weight is 458 g/mol. The summed E-state index contributed by atoms with van der Waals surface area (Å²) in [6.07, 6.45) is 0.180. The average Bonchev–Trinajstić information content (AvgIpc) is 2.86. The highest BCUT2D eigenvalue weighted by atomic mass is 19.1. The molecular formula is C25H19FN4O4. The third-order valence-electron chi connectivity index (χ3n) is 5.66. The van der Waals surface area contributed by atoms with Crippen molar-refractivity contribution in [2.24, 2.45) is 0 Å². The summed E-state index contributed by atoms with van der Waals surface area (Å²) in [5.41, 5.74) is 1.01. The molecule has 34 heavy (non-hydrogen) atoms. The molecule has 3 aromatic carbocycles. The van der Waals surface area contributed by atoms with Gasteiger partial charge < -0.3 is 14.5 Å². The molecule has 8 nitrogen and oxygen atoms in total. The van der Waals surface area contributed by atoms with Crippen LogP contribution in [0.25, 0.3) is 33.1 Å². The molecule has 0 fully saturated rings. The summed E-state index contributed by atoms with van der Waals surface area (Å²) < 4.78 is 25.7. The molecule has 0 aliphatic carbocycles. The summed E-state index contributed by atoms with van der Waals surface area (Å²) in [4.78, 5) is 32.0. The monoisotopic (exact) mass is 458 g/mol. The third-order valence-corrected chi connectivity index (χ3v) is 5.66. The van der Waals surface area contributed by atoms with Crippen molar-refractivity contribution in [2.75, 3.05) is 14.2 Å². The van der Waals surface area contributed by atoms with Crippen LogP contribution in [0.1, 0.15) is 11.3 Å². The smallest absolute Gasteiger partial charge is 0.272 e. The summed E-state index contributed by atoms with van der Waals surface area (Å²) in [5.74, 6) is 0.541. The molecule has 5 aromatic rings. The van der Waals surface area contributed by atoms with E-state index in [0.29, 0.717) is 44.6 Å². The van der Waals surface area contributed by atoms with Crippen LogP contribution in [0.4, 0.5) is 4.39 Å². The maximum Gasteiger partial charge on any atom is 0.272 e. The van der Waals surface area contributed by atoms with Crippen molar-refractivity contribution in [2.45, 2.75) is 6.42 Å². The highest BCUT2D eigenvalue weighted by Crippen LogP contribution is 2.29. The molecule has 2 N–H and O–H groups in total. The van der Waals surface area contributed by atoms with Crippen molar-refractivity contribution in [3.8, 4) is 22.9 Å². The van der Waals surface area contributed by atoms with E-state index in [9.17, 15) is 9.59 Å². The van der Waals surface area contributed by atoms with Gasteiger partial charge in [-0.1, -0.05) is 30.3 Å². The van der Waals surface area contributed by atoms with Gasteiger partial charge in [0.15, 0.2) is 0 Å². The predicted octanol–water partition coefficient (Wildman–Crippen LogP) is 3.57. The highest BCUT2D eigenvalue weighted by molar-refractivity contribution is 5.87. The number of nitrogens with zero attached hydrogens (tertiary/aromatic N) is 2. The number of methoxy groups -OCH3 is 2. The van der Waals surface area contributed by atoms with Crippen LogP contribution in [0.2, 0.25) is 0 Å². The van der Waals surface area contributed by atoms with Crippen LogP contribution < -0.4 is 20.6 Å². The van der Waals surface area contributed by atoms with Gasteiger partial charge in [-0.3, -0.25) is 9.59 Å². The second-order valence-electron chi connectivity index (χ2n) is 7.67. The van der Waals surface area contributed by atoms with E-state index in [2.05, 4.69) is 20.2 Å². The number of aromatic amines is 2. The molecule has 0 saturated carbocycles. The summed E-state index contributed by atoms with van der Waals surface area (Å²) >= 11 is 0. The van der Waals surface area contributed by atoms with E-state index >= 15 is 4.39 Å². The van der Waals surface area contributed by atoms with Crippen LogP contribution in [0.5, 0.6) is 11.5 Å². The first-order chi connectivity index (χ1) is 16.5. The Balaban J connectivity index is 1.55. The van der Waals surface area contributed by atoms with Crippen molar-refractivity contribution >= 4 is 21.7 Å². The number of aromatic nitrogens is 4. The lowest BCUT2D eigenvalue weighted by Crippen LogP contribution is -2.12. The Labute approximate surface area is 192 Å². The van der Waals surface area contributed by atoms with Crippen molar-refractivity contribution in [1.29, 1.82) is 0 Å². The van der Waals surface area contributed by atoms with Gasteiger partial charge in [-0.25, -0.2) is 14.5 Å². The van der Waals surface area contributed by atoms with Crippen molar-refractivity contribution in [3.05, 3.63) is 92.4 Å². The quantitative estimate of drug-likeness (QED) is 0.417. The third kappa shape index (κ3) is 3.66. The van der Waals surface area contributed by atoms with E-state index in [-0.39, 0.29) is 23.2 Å². The van der Waals surface area contributed by atoms with Gasteiger partial charge in [0.1, 0.15) is 28.5 Å². The van der Waals surface area contributed by atoms with E-state index in [1.165, 1.54) is 20.3 Å². The summed E-state index contributed by atoms with van der Waals surface area (Å²) in [5, 5.41) is 8.01. The van der Waals surface area contributed by atoms with E-state index < -0.39 is 11.4 Å². The molecule has 5 rings (SSSR count). The van der Waals surface area contributed by atoms with Crippen LogP contribution in [-0.4, -0.2) is 34.4 Å². The van der Waals surface area contributed by atoms with E-state index in [4.69, 9.17) is 9.47 Å². The van der Waals surface area contributed by atoms with Gasteiger partial charge in [0.05, 0.1) is 30.8 Å². The minimum atomic E-state index is -0.486. The Morgan fingerprint density at radius 1 is 0.941 bits per heavy atom. The second-order valence-corrected chi connectivity index (χ2v) is 7.67. The lowest BCUT2D eigenvalue weighted by molar-refractivity contribution is 0.397. The van der Waals surface area contributed by atoms with Crippen LogP contribution in [-0.2, 0) is 6.42 Å². The van der Waals surface area contributed by atoms with Crippen molar-refractivity contribution in [1.82, 2.24) is 20.2 Å². The molecule has 0 atom stereocenters. The van der Waals surface area contributed by atoms with Crippen LogP contribution >= 0.6 is 0 Å². The number of fused-ring (bicyclic) bond motifs is 2. The number of nitrogens with one attached hydrogen (secondary N) is 2. The molecule has 170 valence electrons. The molecule has 2 aromatic heterocycles.